The minimum Gasteiger partial charge on any atom is -0.508 e. The number of rotatable bonds is 4. The van der Waals surface area contributed by atoms with E-state index in [1.165, 1.54) is 24.0 Å². The summed E-state index contributed by atoms with van der Waals surface area (Å²) >= 11 is 0. The van der Waals surface area contributed by atoms with Gasteiger partial charge in [-0.05, 0) is 56.2 Å². The van der Waals surface area contributed by atoms with Crippen molar-refractivity contribution in [3.8, 4) is 11.5 Å². The van der Waals surface area contributed by atoms with Crippen LogP contribution in [0.2, 0.25) is 0 Å². The molecule has 1 aromatic carbocycles. The van der Waals surface area contributed by atoms with Crippen molar-refractivity contribution in [1.82, 2.24) is 0 Å². The summed E-state index contributed by atoms with van der Waals surface area (Å²) in [5.74, 6) is 2.01. The number of aryl methyl sites for hydroxylation is 1. The molecule has 129 valence electrons. The van der Waals surface area contributed by atoms with E-state index in [0.717, 1.165) is 37.0 Å². The third kappa shape index (κ3) is 3.85. The maximum absolute atomic E-state index is 10.7. The van der Waals surface area contributed by atoms with Crippen molar-refractivity contribution < 1.29 is 42.6 Å². The van der Waals surface area contributed by atoms with E-state index < -0.39 is 0 Å². The zero-order valence-electron chi connectivity index (χ0n) is 15.3. The molecule has 2 aliphatic rings. The van der Waals surface area contributed by atoms with E-state index in [2.05, 4.69) is 39.8 Å². The minimum absolute atomic E-state index is 0. The Morgan fingerprint density at radius 2 is 2.04 bits per heavy atom. The molecule has 1 aliphatic heterocycles. The summed E-state index contributed by atoms with van der Waals surface area (Å²) in [7, 11) is 0. The van der Waals surface area contributed by atoms with Crippen molar-refractivity contribution in [3.63, 3.8) is 0 Å². The van der Waals surface area contributed by atoms with Gasteiger partial charge in [0.05, 0.1) is 0 Å². The van der Waals surface area contributed by atoms with E-state index in [4.69, 9.17) is 4.74 Å². The summed E-state index contributed by atoms with van der Waals surface area (Å²) in [6, 6.07) is 4.11. The molecule has 2 atom stereocenters. The van der Waals surface area contributed by atoms with Crippen LogP contribution in [0.3, 0.4) is 0 Å². The molecule has 1 aliphatic carbocycles. The van der Waals surface area contributed by atoms with Crippen molar-refractivity contribution in [2.24, 2.45) is 5.92 Å². The van der Waals surface area contributed by atoms with Gasteiger partial charge in [-0.1, -0.05) is 32.6 Å². The average Bonchev–Trinajstić information content (AvgIpc) is 2.46. The van der Waals surface area contributed by atoms with Crippen molar-refractivity contribution in [1.29, 1.82) is 0 Å². The van der Waals surface area contributed by atoms with E-state index in [1.807, 2.05) is 6.07 Å². The number of unbranched alkanes of at least 4 members (excludes halogenated alkanes) is 2. The van der Waals surface area contributed by atoms with Gasteiger partial charge in [0, 0.05) is 38.3 Å². The van der Waals surface area contributed by atoms with E-state index in [9.17, 15) is 5.11 Å². The molecule has 1 aromatic rings. The van der Waals surface area contributed by atoms with Crippen LogP contribution in [-0.2, 0) is 39.1 Å². The molecule has 0 aromatic heterocycles. The molecule has 0 saturated carbocycles. The molecule has 0 saturated heterocycles. The van der Waals surface area contributed by atoms with Gasteiger partial charge in [0.15, 0.2) is 0 Å². The summed E-state index contributed by atoms with van der Waals surface area (Å²) < 4.78 is 6.34. The molecule has 0 fully saturated rings. The molecule has 3 heteroatoms. The molecule has 0 bridgehead atoms. The van der Waals surface area contributed by atoms with Crippen LogP contribution in [0, 0.1) is 12.8 Å². The molecule has 1 heterocycles. The number of phenolic OH excluding ortho intramolecular Hbond substituents is 1. The Kier molecular flexibility index (Phi) is 6.48. The quantitative estimate of drug-likeness (QED) is 0.529. The van der Waals surface area contributed by atoms with Crippen LogP contribution in [0.15, 0.2) is 23.8 Å². The maximum atomic E-state index is 10.7. The Labute approximate surface area is 171 Å². The van der Waals surface area contributed by atoms with Crippen molar-refractivity contribution >= 4 is 0 Å². The van der Waals surface area contributed by atoms with Crippen LogP contribution < -0.4 is 4.74 Å². The number of hydrogen-bond donors (Lipinski definition) is 1. The molecule has 1 radical (unpaired) electrons. The minimum atomic E-state index is -0.205. The number of hydrogen-bond acceptors (Lipinski definition) is 2. The maximum Gasteiger partial charge on any atom is 0.127 e. The smallest absolute Gasteiger partial charge is 0.127 e. The first-order valence-corrected chi connectivity index (χ1v) is 8.98. The van der Waals surface area contributed by atoms with Crippen molar-refractivity contribution in [2.75, 3.05) is 0 Å². The van der Waals surface area contributed by atoms with Gasteiger partial charge in [-0.2, -0.15) is 0 Å². The van der Waals surface area contributed by atoms with Crippen LogP contribution >= 0.6 is 0 Å². The number of fused-ring (bicyclic) bond motifs is 3. The van der Waals surface area contributed by atoms with Gasteiger partial charge in [0.2, 0.25) is 0 Å². The number of ether oxygens (including phenoxy) is 1. The SMILES string of the molecule is [CH2-]C1=CCC2C(C1)c1c(O)cc(CCCCC)cc1OC2(C)C.[Y]. The second kappa shape index (κ2) is 7.83. The zero-order valence-corrected chi connectivity index (χ0v) is 18.1. The fourth-order valence-electron chi connectivity index (χ4n) is 4.24. The van der Waals surface area contributed by atoms with Gasteiger partial charge in [0.1, 0.15) is 17.1 Å². The fraction of sp³-hybridized carbons (Fsp3) is 0.571. The van der Waals surface area contributed by atoms with Gasteiger partial charge in [-0.3, -0.25) is 0 Å². The largest absolute Gasteiger partial charge is 0.508 e. The molecular formula is C21H29O2Y-. The van der Waals surface area contributed by atoms with Crippen LogP contribution in [0.4, 0.5) is 0 Å². The molecule has 2 unspecified atom stereocenters. The Hall–Kier alpha value is -0.466. The van der Waals surface area contributed by atoms with Crippen LogP contribution in [0.25, 0.3) is 0 Å². The molecule has 24 heavy (non-hydrogen) atoms. The van der Waals surface area contributed by atoms with E-state index in [1.54, 1.807) is 0 Å². The average molecular weight is 402 g/mol. The predicted molar refractivity (Wildman–Crippen MR) is 94.9 cm³/mol. The molecule has 3 rings (SSSR count). The van der Waals surface area contributed by atoms with Gasteiger partial charge in [-0.25, -0.2) is 18.6 Å². The summed E-state index contributed by atoms with van der Waals surface area (Å²) in [5.41, 5.74) is 3.16. The third-order valence-corrected chi connectivity index (χ3v) is 5.51. The summed E-state index contributed by atoms with van der Waals surface area (Å²) in [6.45, 7) is 10.7. The first-order chi connectivity index (χ1) is 10.9. The van der Waals surface area contributed by atoms with Gasteiger partial charge >= 0.3 is 0 Å². The molecule has 0 amide bonds. The fourth-order valence-corrected chi connectivity index (χ4v) is 4.24. The van der Waals surface area contributed by atoms with E-state index in [0.29, 0.717) is 17.6 Å². The number of aromatic hydroxyl groups is 1. The second-order valence-corrected chi connectivity index (χ2v) is 7.70. The molecule has 2 nitrogen and oxygen atoms in total. The van der Waals surface area contributed by atoms with Gasteiger partial charge in [0.25, 0.3) is 0 Å². The van der Waals surface area contributed by atoms with Crippen molar-refractivity contribution in [3.05, 3.63) is 41.8 Å². The zero-order chi connectivity index (χ0) is 16.6. The Bertz CT molecular complexity index is 619. The first-order valence-electron chi connectivity index (χ1n) is 8.98. The third-order valence-electron chi connectivity index (χ3n) is 5.51. The van der Waals surface area contributed by atoms with Crippen molar-refractivity contribution in [2.45, 2.75) is 70.8 Å². The standard InChI is InChI=1S/C21H29O2.Y/c1-5-6-7-8-15-12-18(22)20-16-11-14(2)9-10-17(16)21(3,4)23-19(20)13-15;/h9,12-13,16-17,22H,2,5-8,10-11H2,1,3-4H3;/q-1;. The van der Waals surface area contributed by atoms with Crippen LogP contribution in [-0.4, -0.2) is 10.7 Å². The van der Waals surface area contributed by atoms with E-state index >= 15 is 0 Å². The van der Waals surface area contributed by atoms with E-state index in [-0.39, 0.29) is 38.3 Å². The molecule has 1 N–H and O–H groups in total. The number of allylic oxidation sites excluding steroid dienone is 2. The van der Waals surface area contributed by atoms with Crippen LogP contribution in [0.5, 0.6) is 11.5 Å². The molecule has 0 spiro atoms. The summed E-state index contributed by atoms with van der Waals surface area (Å²) in [5, 5.41) is 10.7. The van der Waals surface area contributed by atoms with Crippen LogP contribution in [0.1, 0.15) is 69.9 Å². The summed E-state index contributed by atoms with van der Waals surface area (Å²) in [4.78, 5) is 0. The number of benzene rings is 1. The Morgan fingerprint density at radius 3 is 2.75 bits per heavy atom. The Balaban J connectivity index is 0.00000208. The molecular weight excluding hydrogens is 373 g/mol. The summed E-state index contributed by atoms with van der Waals surface area (Å²) in [6.07, 6.45) is 8.74. The first kappa shape index (κ1) is 19.9. The topological polar surface area (TPSA) is 29.5 Å². The monoisotopic (exact) mass is 402 g/mol. The normalized spacial score (nSPS) is 24.0. The van der Waals surface area contributed by atoms with Gasteiger partial charge < -0.3 is 9.84 Å². The Morgan fingerprint density at radius 1 is 1.29 bits per heavy atom. The predicted octanol–water partition coefficient (Wildman–Crippen LogP) is 5.55. The number of phenols is 1. The van der Waals surface area contributed by atoms with Gasteiger partial charge in [-0.15, -0.1) is 0 Å². The second-order valence-electron chi connectivity index (χ2n) is 7.70.